The summed E-state index contributed by atoms with van der Waals surface area (Å²) in [6, 6.07) is -1.95. The van der Waals surface area contributed by atoms with Gasteiger partial charge in [-0.25, -0.2) is 0 Å². The third-order valence-corrected chi connectivity index (χ3v) is 3.77. The van der Waals surface area contributed by atoms with E-state index < -0.39 is 47.5 Å². The Labute approximate surface area is 153 Å². The molecule has 0 radical (unpaired) electrons. The molecule has 0 rings (SSSR count). The van der Waals surface area contributed by atoms with Crippen LogP contribution >= 0.6 is 23.5 Å². The van der Waals surface area contributed by atoms with E-state index in [4.69, 9.17) is 40.3 Å². The molecular formula is C10H18N2O10S3. The van der Waals surface area contributed by atoms with Crippen LogP contribution in [-0.4, -0.2) is 87.8 Å². The Morgan fingerprint density at radius 3 is 1.12 bits per heavy atom. The number of hydrogen-bond donors (Lipinski definition) is 6. The third-order valence-electron chi connectivity index (χ3n) is 1.68. The molecule has 0 aliphatic carbocycles. The van der Waals surface area contributed by atoms with Crippen LogP contribution in [0.25, 0.3) is 0 Å². The van der Waals surface area contributed by atoms with Crippen LogP contribution in [0, 0.1) is 0 Å². The molecule has 0 amide bonds. The van der Waals surface area contributed by atoms with Crippen molar-refractivity contribution in [2.75, 3.05) is 23.0 Å². The average Bonchev–Trinajstić information content (AvgIpc) is 2.47. The molecule has 0 aliphatic rings. The minimum Gasteiger partial charge on any atom is -0.481 e. The first-order valence-electron chi connectivity index (χ1n) is 5.97. The topological polar surface area (TPSA) is 235 Å². The average molecular weight is 422 g/mol. The van der Waals surface area contributed by atoms with E-state index in [-0.39, 0.29) is 23.0 Å². The number of hydrogen-bond acceptors (Lipinski definition) is 10. The number of nitrogens with two attached hydrogens (primary N) is 2. The van der Waals surface area contributed by atoms with E-state index in [1.54, 1.807) is 0 Å². The Bertz CT molecular complexity index is 434. The zero-order valence-electron chi connectivity index (χ0n) is 12.6. The van der Waals surface area contributed by atoms with Crippen LogP contribution in [-0.2, 0) is 30.7 Å². The first kappa shape index (κ1) is 28.1. The summed E-state index contributed by atoms with van der Waals surface area (Å²) in [7, 11) is 0. The standard InChI is InChI=1S/2C5H9NO4S.O2S/c2*6-3(5(9)10)1-11-2-4(7)8;1-3-2/h2*3H,1-2,6H2,(H,7,8)(H,9,10);/t2*3-;/m00./s1. The van der Waals surface area contributed by atoms with Gasteiger partial charge in [0.25, 0.3) is 0 Å². The second-order valence-corrected chi connectivity index (χ2v) is 5.97. The van der Waals surface area contributed by atoms with Gasteiger partial charge in [0, 0.05) is 11.5 Å². The van der Waals surface area contributed by atoms with Gasteiger partial charge >= 0.3 is 35.4 Å². The van der Waals surface area contributed by atoms with Crippen LogP contribution in [0.2, 0.25) is 0 Å². The third kappa shape index (κ3) is 27.5. The predicted octanol–water partition coefficient (Wildman–Crippen LogP) is -2.24. The maximum absolute atomic E-state index is 10.1. The lowest BCUT2D eigenvalue weighted by molar-refractivity contribution is -0.138. The number of carboxylic acids is 4. The fourth-order valence-electron chi connectivity index (χ4n) is 0.689. The van der Waals surface area contributed by atoms with Gasteiger partial charge in [0.15, 0.2) is 0 Å². The summed E-state index contributed by atoms with van der Waals surface area (Å²) < 4.78 is 16.6. The van der Waals surface area contributed by atoms with Crippen molar-refractivity contribution in [1.82, 2.24) is 0 Å². The predicted molar refractivity (Wildman–Crippen MR) is 90.1 cm³/mol. The quantitative estimate of drug-likeness (QED) is 0.218. The summed E-state index contributed by atoms with van der Waals surface area (Å²) in [4.78, 5) is 40.1. The first-order chi connectivity index (χ1) is 11.5. The Kier molecular flexibility index (Phi) is 21.0. The summed E-state index contributed by atoms with van der Waals surface area (Å²) in [5.74, 6) is -4.11. The molecule has 0 aromatic heterocycles. The highest BCUT2D eigenvalue weighted by molar-refractivity contribution is 8.00. The molecule has 12 nitrogen and oxygen atoms in total. The first-order valence-corrected chi connectivity index (χ1v) is 8.94. The van der Waals surface area contributed by atoms with Crippen molar-refractivity contribution in [3.8, 4) is 0 Å². The van der Waals surface area contributed by atoms with Gasteiger partial charge in [-0.1, -0.05) is 0 Å². The fourth-order valence-corrected chi connectivity index (χ4v) is 2.07. The number of thioether (sulfide) groups is 2. The molecule has 0 saturated heterocycles. The molecule has 146 valence electrons. The summed E-state index contributed by atoms with van der Waals surface area (Å²) in [6.45, 7) is 0. The lowest BCUT2D eigenvalue weighted by atomic mass is 10.4. The summed E-state index contributed by atoms with van der Waals surface area (Å²) >= 11 is 1.23. The van der Waals surface area contributed by atoms with Crippen LogP contribution in [0.3, 0.4) is 0 Å². The molecule has 0 saturated carbocycles. The van der Waals surface area contributed by atoms with Gasteiger partial charge in [0.05, 0.1) is 11.5 Å². The monoisotopic (exact) mass is 422 g/mol. The zero-order valence-corrected chi connectivity index (χ0v) is 15.1. The normalized spacial score (nSPS) is 11.4. The van der Waals surface area contributed by atoms with Crippen LogP contribution in [0.1, 0.15) is 0 Å². The Morgan fingerprint density at radius 1 is 0.720 bits per heavy atom. The van der Waals surface area contributed by atoms with Gasteiger partial charge in [0.1, 0.15) is 12.1 Å². The smallest absolute Gasteiger partial charge is 0.335 e. The largest absolute Gasteiger partial charge is 0.481 e. The Morgan fingerprint density at radius 2 is 0.960 bits per heavy atom. The molecule has 2 atom stereocenters. The van der Waals surface area contributed by atoms with Crippen molar-refractivity contribution in [1.29, 1.82) is 0 Å². The molecule has 0 heterocycles. The Hall–Kier alpha value is -1.68. The van der Waals surface area contributed by atoms with Gasteiger partial charge in [-0.2, -0.15) is 8.42 Å². The minimum atomic E-state index is -1.11. The van der Waals surface area contributed by atoms with Crippen LogP contribution in [0.4, 0.5) is 0 Å². The van der Waals surface area contributed by atoms with Gasteiger partial charge in [0.2, 0.25) is 0 Å². The number of carbonyl (C=O) groups is 4. The van der Waals surface area contributed by atoms with E-state index in [1.165, 1.54) is 0 Å². The zero-order chi connectivity index (χ0) is 20.4. The SMILES string of the molecule is N[C@@H](CSCC(=O)O)C(=O)O.N[C@@H](CSCC(=O)O)C(=O)O.O=S=O. The van der Waals surface area contributed by atoms with Crippen LogP contribution in [0.15, 0.2) is 0 Å². The lowest BCUT2D eigenvalue weighted by Gasteiger charge is -2.02. The van der Waals surface area contributed by atoms with E-state index >= 15 is 0 Å². The number of rotatable bonds is 10. The fraction of sp³-hybridized carbons (Fsp3) is 0.600. The van der Waals surface area contributed by atoms with Crippen molar-refractivity contribution in [3.05, 3.63) is 0 Å². The van der Waals surface area contributed by atoms with Crippen LogP contribution < -0.4 is 11.5 Å². The molecule has 0 spiro atoms. The van der Waals surface area contributed by atoms with Gasteiger partial charge < -0.3 is 31.9 Å². The van der Waals surface area contributed by atoms with Gasteiger partial charge in [-0.15, -0.1) is 23.5 Å². The maximum Gasteiger partial charge on any atom is 0.335 e. The summed E-state index contributed by atoms with van der Waals surface area (Å²) in [5.41, 5.74) is 10.2. The number of carboxylic acid groups (broad SMARTS) is 4. The van der Waals surface area contributed by atoms with Crippen molar-refractivity contribution < 1.29 is 48.0 Å². The molecule has 0 fully saturated rings. The van der Waals surface area contributed by atoms with Crippen molar-refractivity contribution >= 4 is 59.0 Å². The van der Waals surface area contributed by atoms with E-state index in [9.17, 15) is 19.2 Å². The van der Waals surface area contributed by atoms with E-state index in [1.807, 2.05) is 0 Å². The molecule has 15 heteroatoms. The second-order valence-electron chi connectivity index (χ2n) is 3.78. The molecular weight excluding hydrogens is 404 g/mol. The van der Waals surface area contributed by atoms with Crippen molar-refractivity contribution in [3.63, 3.8) is 0 Å². The van der Waals surface area contributed by atoms with Crippen molar-refractivity contribution in [2.45, 2.75) is 12.1 Å². The molecule has 0 aliphatic heterocycles. The highest BCUT2D eigenvalue weighted by Crippen LogP contribution is 2.01. The molecule has 8 N–H and O–H groups in total. The Balaban J connectivity index is -0.000000334. The second kappa shape index (κ2) is 18.7. The van der Waals surface area contributed by atoms with Crippen molar-refractivity contribution in [2.24, 2.45) is 11.5 Å². The lowest BCUT2D eigenvalue weighted by Crippen LogP contribution is -2.32. The van der Waals surface area contributed by atoms with Gasteiger partial charge in [-0.3, -0.25) is 19.2 Å². The highest BCUT2D eigenvalue weighted by atomic mass is 32.2. The maximum atomic E-state index is 10.1. The summed E-state index contributed by atoms with van der Waals surface area (Å²) in [5, 5.41) is 32.8. The molecule has 25 heavy (non-hydrogen) atoms. The van der Waals surface area contributed by atoms with E-state index in [2.05, 4.69) is 0 Å². The molecule has 0 aromatic carbocycles. The molecule has 0 unspecified atom stereocenters. The van der Waals surface area contributed by atoms with Crippen LogP contribution in [0.5, 0.6) is 0 Å². The van der Waals surface area contributed by atoms with Gasteiger partial charge in [-0.05, 0) is 0 Å². The molecule has 0 aromatic rings. The molecule has 0 bridgehead atoms. The van der Waals surface area contributed by atoms with E-state index in [0.717, 1.165) is 23.5 Å². The minimum absolute atomic E-state index is 0.110. The highest BCUT2D eigenvalue weighted by Gasteiger charge is 2.12. The number of aliphatic carboxylic acids is 4. The van der Waals surface area contributed by atoms with E-state index in [0.29, 0.717) is 0 Å². The summed E-state index contributed by atoms with van der Waals surface area (Å²) in [6.07, 6.45) is 0.